The Morgan fingerprint density at radius 1 is 1.10 bits per heavy atom. The van der Waals surface area contributed by atoms with Gasteiger partial charge in [0.2, 0.25) is 0 Å². The van der Waals surface area contributed by atoms with Crippen molar-refractivity contribution in [2.75, 3.05) is 32.2 Å². The minimum Gasteiger partial charge on any atom is -0.497 e. The number of anilines is 1. The molecule has 1 saturated heterocycles. The Labute approximate surface area is 122 Å². The van der Waals surface area contributed by atoms with Crippen LogP contribution in [0.4, 0.5) is 5.69 Å². The van der Waals surface area contributed by atoms with Crippen molar-refractivity contribution in [1.82, 2.24) is 5.32 Å². The molecule has 0 amide bonds. The first-order chi connectivity index (χ1) is 9.71. The summed E-state index contributed by atoms with van der Waals surface area (Å²) in [5.74, 6) is 1.70. The summed E-state index contributed by atoms with van der Waals surface area (Å²) in [4.78, 5) is 2.48. The van der Waals surface area contributed by atoms with Gasteiger partial charge >= 0.3 is 0 Å². The van der Waals surface area contributed by atoms with Crippen LogP contribution in [-0.4, -0.2) is 39.4 Å². The number of hydrogen-bond donors (Lipinski definition) is 1. The number of hydrogen-bond acceptors (Lipinski definition) is 4. The Morgan fingerprint density at radius 2 is 1.75 bits per heavy atom. The maximum atomic E-state index is 5.39. The summed E-state index contributed by atoms with van der Waals surface area (Å²) in [6.45, 7) is 6.54. The van der Waals surface area contributed by atoms with Crippen LogP contribution in [0.15, 0.2) is 18.2 Å². The van der Waals surface area contributed by atoms with E-state index in [1.54, 1.807) is 14.2 Å². The lowest BCUT2D eigenvalue weighted by Crippen LogP contribution is -2.56. The Balaban J connectivity index is 2.30. The van der Waals surface area contributed by atoms with E-state index in [1.807, 2.05) is 6.07 Å². The Morgan fingerprint density at radius 3 is 2.25 bits per heavy atom. The van der Waals surface area contributed by atoms with Gasteiger partial charge in [0.05, 0.1) is 14.2 Å². The molecule has 1 aromatic rings. The van der Waals surface area contributed by atoms with Crippen molar-refractivity contribution in [2.24, 2.45) is 0 Å². The van der Waals surface area contributed by atoms with Crippen molar-refractivity contribution < 1.29 is 9.47 Å². The lowest BCUT2D eigenvalue weighted by molar-refractivity contribution is 0.374. The Kier molecular flexibility index (Phi) is 5.12. The molecule has 1 fully saturated rings. The first-order valence-corrected chi connectivity index (χ1v) is 7.44. The highest BCUT2D eigenvalue weighted by Crippen LogP contribution is 2.31. The number of methoxy groups -OCH3 is 2. The number of nitrogens with one attached hydrogen (secondary N) is 1. The molecule has 1 aliphatic heterocycles. The van der Waals surface area contributed by atoms with Gasteiger partial charge in [-0.1, -0.05) is 13.8 Å². The van der Waals surface area contributed by atoms with Gasteiger partial charge in [0, 0.05) is 49.1 Å². The van der Waals surface area contributed by atoms with Crippen LogP contribution in [0.25, 0.3) is 0 Å². The molecule has 0 aromatic heterocycles. The minimum atomic E-state index is 0.523. The van der Waals surface area contributed by atoms with E-state index in [1.165, 1.54) is 5.69 Å². The molecule has 2 unspecified atom stereocenters. The lowest BCUT2D eigenvalue weighted by atomic mass is 10.0. The fourth-order valence-electron chi connectivity index (χ4n) is 2.78. The third-order valence-electron chi connectivity index (χ3n) is 4.13. The summed E-state index contributed by atoms with van der Waals surface area (Å²) < 4.78 is 10.8. The quantitative estimate of drug-likeness (QED) is 0.898. The van der Waals surface area contributed by atoms with E-state index in [0.29, 0.717) is 12.1 Å². The maximum Gasteiger partial charge on any atom is 0.124 e. The summed E-state index contributed by atoms with van der Waals surface area (Å²) in [7, 11) is 3.39. The van der Waals surface area contributed by atoms with E-state index in [9.17, 15) is 0 Å². The van der Waals surface area contributed by atoms with Crippen LogP contribution in [0.2, 0.25) is 0 Å². The van der Waals surface area contributed by atoms with Crippen molar-refractivity contribution in [1.29, 1.82) is 0 Å². The molecule has 20 heavy (non-hydrogen) atoms. The molecular formula is C16H26N2O2. The molecule has 2 atom stereocenters. The second-order valence-corrected chi connectivity index (χ2v) is 5.30. The highest BCUT2D eigenvalue weighted by Gasteiger charge is 2.26. The normalized spacial score (nSPS) is 22.7. The maximum absolute atomic E-state index is 5.39. The summed E-state index contributed by atoms with van der Waals surface area (Å²) in [5, 5.41) is 3.62. The van der Waals surface area contributed by atoms with Gasteiger partial charge in [-0.15, -0.1) is 0 Å². The van der Waals surface area contributed by atoms with Crippen LogP contribution < -0.4 is 19.7 Å². The fourth-order valence-corrected chi connectivity index (χ4v) is 2.78. The third kappa shape index (κ3) is 3.18. The monoisotopic (exact) mass is 278 g/mol. The van der Waals surface area contributed by atoms with Crippen LogP contribution in [0.5, 0.6) is 11.5 Å². The van der Waals surface area contributed by atoms with E-state index in [4.69, 9.17) is 9.47 Å². The zero-order chi connectivity index (χ0) is 14.5. The van der Waals surface area contributed by atoms with Crippen molar-refractivity contribution in [3.05, 3.63) is 18.2 Å². The summed E-state index contributed by atoms with van der Waals surface area (Å²) in [6.07, 6.45) is 2.27. The predicted molar refractivity (Wildman–Crippen MR) is 83.1 cm³/mol. The Bertz CT molecular complexity index is 414. The first kappa shape index (κ1) is 15.0. The van der Waals surface area contributed by atoms with E-state index < -0.39 is 0 Å². The molecule has 0 bridgehead atoms. The van der Waals surface area contributed by atoms with Crippen molar-refractivity contribution in [3.8, 4) is 11.5 Å². The number of ether oxygens (including phenoxy) is 2. The molecule has 1 N–H and O–H groups in total. The van der Waals surface area contributed by atoms with E-state index in [0.717, 1.165) is 37.4 Å². The molecule has 1 heterocycles. The SMILES string of the molecule is CCC1CN(c2cc(OC)cc(OC)c2)C(CC)CN1. The van der Waals surface area contributed by atoms with E-state index in [-0.39, 0.29) is 0 Å². The van der Waals surface area contributed by atoms with Gasteiger partial charge in [0.25, 0.3) is 0 Å². The van der Waals surface area contributed by atoms with Crippen LogP contribution in [0.3, 0.4) is 0 Å². The minimum absolute atomic E-state index is 0.523. The second-order valence-electron chi connectivity index (χ2n) is 5.30. The summed E-state index contributed by atoms with van der Waals surface area (Å²) >= 11 is 0. The lowest BCUT2D eigenvalue weighted by Gasteiger charge is -2.41. The zero-order valence-corrected chi connectivity index (χ0v) is 13.0. The topological polar surface area (TPSA) is 33.7 Å². The van der Waals surface area contributed by atoms with Crippen LogP contribution >= 0.6 is 0 Å². The molecule has 4 nitrogen and oxygen atoms in total. The molecule has 0 aliphatic carbocycles. The number of rotatable bonds is 5. The highest BCUT2D eigenvalue weighted by molar-refractivity contribution is 5.57. The van der Waals surface area contributed by atoms with Gasteiger partial charge < -0.3 is 19.7 Å². The number of benzene rings is 1. The molecule has 4 heteroatoms. The molecule has 112 valence electrons. The standard InChI is InChI=1S/C16H26N2O2/c1-5-12-11-18(13(6-2)10-17-12)14-7-15(19-3)9-16(8-14)20-4/h7-9,12-13,17H,5-6,10-11H2,1-4H3. The highest BCUT2D eigenvalue weighted by atomic mass is 16.5. The molecule has 2 rings (SSSR count). The Hall–Kier alpha value is -1.42. The van der Waals surface area contributed by atoms with Crippen molar-refractivity contribution >= 4 is 5.69 Å². The van der Waals surface area contributed by atoms with Gasteiger partial charge in [-0.05, 0) is 12.8 Å². The average molecular weight is 278 g/mol. The molecule has 0 spiro atoms. The fraction of sp³-hybridized carbons (Fsp3) is 0.625. The van der Waals surface area contributed by atoms with Crippen LogP contribution in [0, 0.1) is 0 Å². The van der Waals surface area contributed by atoms with Gasteiger partial charge in [0.1, 0.15) is 11.5 Å². The first-order valence-electron chi connectivity index (χ1n) is 7.44. The van der Waals surface area contributed by atoms with E-state index >= 15 is 0 Å². The van der Waals surface area contributed by atoms with Crippen LogP contribution in [0.1, 0.15) is 26.7 Å². The van der Waals surface area contributed by atoms with Gasteiger partial charge in [-0.3, -0.25) is 0 Å². The van der Waals surface area contributed by atoms with Gasteiger partial charge in [-0.25, -0.2) is 0 Å². The summed E-state index contributed by atoms with van der Waals surface area (Å²) in [6, 6.07) is 7.20. The molecule has 1 aromatic carbocycles. The van der Waals surface area contributed by atoms with Gasteiger partial charge in [-0.2, -0.15) is 0 Å². The summed E-state index contributed by atoms with van der Waals surface area (Å²) in [5.41, 5.74) is 1.19. The molecule has 1 aliphatic rings. The van der Waals surface area contributed by atoms with Crippen LogP contribution in [-0.2, 0) is 0 Å². The zero-order valence-electron chi connectivity index (χ0n) is 13.0. The third-order valence-corrected chi connectivity index (χ3v) is 4.13. The molecule has 0 radical (unpaired) electrons. The van der Waals surface area contributed by atoms with Crippen molar-refractivity contribution in [3.63, 3.8) is 0 Å². The largest absolute Gasteiger partial charge is 0.497 e. The van der Waals surface area contributed by atoms with Crippen molar-refractivity contribution in [2.45, 2.75) is 38.8 Å². The average Bonchev–Trinajstić information content (AvgIpc) is 2.53. The number of nitrogens with zero attached hydrogens (tertiary/aromatic N) is 1. The van der Waals surface area contributed by atoms with Gasteiger partial charge in [0.15, 0.2) is 0 Å². The molecular weight excluding hydrogens is 252 g/mol. The second kappa shape index (κ2) is 6.84. The smallest absolute Gasteiger partial charge is 0.124 e. The predicted octanol–water partition coefficient (Wildman–Crippen LogP) is 2.67. The number of piperazine rings is 1. The van der Waals surface area contributed by atoms with E-state index in [2.05, 4.69) is 36.2 Å². The molecule has 0 saturated carbocycles.